The van der Waals surface area contributed by atoms with Gasteiger partial charge in [-0.05, 0) is 17.7 Å². The largest absolute Gasteiger partial charge is 0.492 e. The van der Waals surface area contributed by atoms with Crippen molar-refractivity contribution < 1.29 is 23.0 Å². The van der Waals surface area contributed by atoms with E-state index in [0.29, 0.717) is 0 Å². The van der Waals surface area contributed by atoms with Gasteiger partial charge in [0.15, 0.2) is 23.1 Å². The van der Waals surface area contributed by atoms with Crippen LogP contribution >= 0.6 is 11.6 Å². The van der Waals surface area contributed by atoms with E-state index < -0.39 is 31.4 Å². The molecule has 0 unspecified atom stereocenters. The maximum atomic E-state index is 15.4. The van der Waals surface area contributed by atoms with Crippen LogP contribution in [0.4, 0.5) is 14.5 Å². The molecule has 0 spiro atoms. The molecule has 3 rings (SSSR count). The number of halogens is 3. The molecule has 0 bridgehead atoms. The molecule has 0 aliphatic carbocycles. The number of anilines is 1. The Morgan fingerprint density at radius 2 is 1.79 bits per heavy atom. The lowest BCUT2D eigenvalue weighted by atomic mass is 10.0. The molecule has 0 radical (unpaired) electrons. The number of carbonyl (C=O) groups excluding carboxylic acids is 1. The first kappa shape index (κ1) is 25.4. The van der Waals surface area contributed by atoms with Crippen molar-refractivity contribution in [2.24, 2.45) is 0 Å². The van der Waals surface area contributed by atoms with Crippen LogP contribution in [0.1, 0.15) is 21.6 Å². The average molecular weight is 503 g/mol. The Labute approximate surface area is 203 Å². The summed E-state index contributed by atoms with van der Waals surface area (Å²) in [6.45, 7) is 6.19. The number of esters is 1. The van der Waals surface area contributed by atoms with Crippen LogP contribution < -0.4 is 10.5 Å². The van der Waals surface area contributed by atoms with Crippen molar-refractivity contribution in [1.29, 1.82) is 0 Å². The van der Waals surface area contributed by atoms with E-state index >= 15 is 8.78 Å². The summed E-state index contributed by atoms with van der Waals surface area (Å²) >= 11 is 5.97. The lowest BCUT2D eigenvalue weighted by molar-refractivity contribution is 0.0465. The Balaban J connectivity index is 2.16. The van der Waals surface area contributed by atoms with Crippen LogP contribution in [0, 0.1) is 11.6 Å². The number of nitrogen functional groups attached to an aromatic ring is 1. The van der Waals surface area contributed by atoms with E-state index in [0.717, 1.165) is 5.56 Å². The topological polar surface area (TPSA) is 74.4 Å². The molecular formula is C25H25ClF2N2O3Si. The molecule has 3 aromatic rings. The predicted octanol–water partition coefficient (Wildman–Crippen LogP) is 6.52. The van der Waals surface area contributed by atoms with E-state index in [1.165, 1.54) is 19.2 Å². The van der Waals surface area contributed by atoms with Gasteiger partial charge < -0.3 is 15.2 Å². The number of hydrogen-bond acceptors (Lipinski definition) is 5. The van der Waals surface area contributed by atoms with E-state index in [9.17, 15) is 4.79 Å². The van der Waals surface area contributed by atoms with Gasteiger partial charge in [-0.3, -0.25) is 0 Å². The number of rotatable bonds is 7. The van der Waals surface area contributed by atoms with Gasteiger partial charge in [0.1, 0.15) is 12.3 Å². The molecule has 34 heavy (non-hydrogen) atoms. The number of methoxy groups -OCH3 is 1. The van der Waals surface area contributed by atoms with Crippen LogP contribution in [0.3, 0.4) is 0 Å². The molecule has 0 aliphatic heterocycles. The number of pyridine rings is 1. The monoisotopic (exact) mass is 502 g/mol. The number of aromatic nitrogens is 1. The fraction of sp³-hybridized carbons (Fsp3) is 0.200. The van der Waals surface area contributed by atoms with Crippen molar-refractivity contribution in [2.75, 3.05) is 12.8 Å². The quantitative estimate of drug-likeness (QED) is 0.294. The molecule has 1 aromatic heterocycles. The van der Waals surface area contributed by atoms with E-state index in [2.05, 4.69) is 24.6 Å². The van der Waals surface area contributed by atoms with Gasteiger partial charge in [0.05, 0.1) is 25.9 Å². The van der Waals surface area contributed by atoms with Crippen LogP contribution in [0.25, 0.3) is 17.3 Å². The van der Waals surface area contributed by atoms with Crippen molar-refractivity contribution in [3.05, 3.63) is 81.6 Å². The maximum absolute atomic E-state index is 15.4. The van der Waals surface area contributed by atoms with Gasteiger partial charge in [0.2, 0.25) is 0 Å². The second-order valence-corrected chi connectivity index (χ2v) is 14.1. The standard InChI is InChI=1S/C25H25ClF2N2O3Si/c1-32-24-18(26)11-10-16(19(24)27)22-20(28)21(29)17(12-13-34(2,3)4)23(30-22)25(31)33-14-15-8-6-5-7-9-15/h5-13H,14H2,1-4H3,(H2,29,30)/b13-12+. The van der Waals surface area contributed by atoms with Crippen molar-refractivity contribution >= 4 is 37.4 Å². The van der Waals surface area contributed by atoms with E-state index in [4.69, 9.17) is 26.8 Å². The van der Waals surface area contributed by atoms with Gasteiger partial charge in [-0.25, -0.2) is 18.6 Å². The second kappa shape index (κ2) is 10.4. The Morgan fingerprint density at radius 3 is 2.41 bits per heavy atom. The summed E-state index contributed by atoms with van der Waals surface area (Å²) in [6, 6.07) is 11.7. The first-order valence-corrected chi connectivity index (χ1v) is 14.4. The van der Waals surface area contributed by atoms with Gasteiger partial charge in [0, 0.05) is 11.1 Å². The van der Waals surface area contributed by atoms with Crippen molar-refractivity contribution in [1.82, 2.24) is 4.98 Å². The fourth-order valence-corrected chi connectivity index (χ4v) is 4.01. The molecule has 0 amide bonds. The molecule has 9 heteroatoms. The molecule has 0 atom stereocenters. The molecule has 0 saturated heterocycles. The number of nitrogens with two attached hydrogens (primary N) is 1. The predicted molar refractivity (Wildman–Crippen MR) is 134 cm³/mol. The second-order valence-electron chi connectivity index (χ2n) is 8.65. The Kier molecular flexibility index (Phi) is 7.74. The first-order valence-electron chi connectivity index (χ1n) is 10.4. The molecular weight excluding hydrogens is 478 g/mol. The lowest BCUT2D eigenvalue weighted by Crippen LogP contribution is -2.17. The van der Waals surface area contributed by atoms with E-state index in [1.807, 2.05) is 23.9 Å². The van der Waals surface area contributed by atoms with Crippen LogP contribution in [0.15, 0.2) is 48.2 Å². The number of carbonyl (C=O) groups is 1. The Hall–Kier alpha value is -3.23. The number of benzene rings is 2. The minimum absolute atomic E-state index is 0.00862. The van der Waals surface area contributed by atoms with Crippen molar-refractivity contribution in [3.63, 3.8) is 0 Å². The summed E-state index contributed by atoms with van der Waals surface area (Å²) in [5.74, 6) is -2.96. The maximum Gasteiger partial charge on any atom is 0.357 e. The zero-order valence-electron chi connectivity index (χ0n) is 19.3. The average Bonchev–Trinajstić information content (AvgIpc) is 2.79. The summed E-state index contributed by atoms with van der Waals surface area (Å²) in [5.41, 5.74) is 7.62. The summed E-state index contributed by atoms with van der Waals surface area (Å²) in [4.78, 5) is 17.2. The molecule has 2 aromatic carbocycles. The Morgan fingerprint density at radius 1 is 1.12 bits per heavy atom. The third-order valence-corrected chi connectivity index (χ3v) is 6.34. The summed E-state index contributed by atoms with van der Waals surface area (Å²) < 4.78 is 40.8. The summed E-state index contributed by atoms with van der Waals surface area (Å²) in [6.07, 6.45) is 1.58. The van der Waals surface area contributed by atoms with Gasteiger partial charge in [-0.2, -0.15) is 0 Å². The molecule has 0 fully saturated rings. The van der Waals surface area contributed by atoms with Crippen LogP contribution in [0.5, 0.6) is 5.75 Å². The van der Waals surface area contributed by atoms with E-state index in [-0.39, 0.29) is 39.9 Å². The zero-order chi connectivity index (χ0) is 25.0. The SMILES string of the molecule is COc1c(Cl)ccc(-c2nc(C(=O)OCc3ccccc3)c(/C=C/[Si](C)(C)C)c(N)c2F)c1F. The fourth-order valence-electron chi connectivity index (χ4n) is 3.12. The van der Waals surface area contributed by atoms with Crippen LogP contribution in [-0.4, -0.2) is 26.1 Å². The van der Waals surface area contributed by atoms with Gasteiger partial charge >= 0.3 is 5.97 Å². The highest BCUT2D eigenvalue weighted by molar-refractivity contribution is 6.81. The summed E-state index contributed by atoms with van der Waals surface area (Å²) in [7, 11) is -0.505. The number of ether oxygens (including phenoxy) is 2. The van der Waals surface area contributed by atoms with E-state index in [1.54, 1.807) is 18.2 Å². The molecule has 1 heterocycles. The molecule has 2 N–H and O–H groups in total. The van der Waals surface area contributed by atoms with Crippen LogP contribution in [-0.2, 0) is 11.3 Å². The van der Waals surface area contributed by atoms with Crippen molar-refractivity contribution in [3.8, 4) is 17.0 Å². The van der Waals surface area contributed by atoms with Crippen LogP contribution in [0.2, 0.25) is 24.7 Å². The van der Waals surface area contributed by atoms with Gasteiger partial charge in [0.25, 0.3) is 0 Å². The zero-order valence-corrected chi connectivity index (χ0v) is 21.0. The third-order valence-electron chi connectivity index (χ3n) is 4.88. The smallest absolute Gasteiger partial charge is 0.357 e. The van der Waals surface area contributed by atoms with Gasteiger partial charge in [-0.1, -0.05) is 73.3 Å². The highest BCUT2D eigenvalue weighted by atomic mass is 35.5. The van der Waals surface area contributed by atoms with Gasteiger partial charge in [-0.15, -0.1) is 0 Å². The first-order chi connectivity index (χ1) is 16.0. The number of nitrogens with zero attached hydrogens (tertiary/aromatic N) is 1. The third kappa shape index (κ3) is 5.63. The van der Waals surface area contributed by atoms with Crippen molar-refractivity contribution in [2.45, 2.75) is 26.2 Å². The summed E-state index contributed by atoms with van der Waals surface area (Å²) in [5, 5.41) is 0.00862. The molecule has 0 aliphatic rings. The highest BCUT2D eigenvalue weighted by Gasteiger charge is 2.26. The number of hydrogen-bond donors (Lipinski definition) is 1. The minimum Gasteiger partial charge on any atom is -0.492 e. The molecule has 5 nitrogen and oxygen atoms in total. The normalized spacial score (nSPS) is 11.6. The molecule has 0 saturated carbocycles. The highest BCUT2D eigenvalue weighted by Crippen LogP contribution is 2.37. The minimum atomic E-state index is -1.74. The Bertz CT molecular complexity index is 1250. The lowest BCUT2D eigenvalue weighted by Gasteiger charge is -2.16. The molecule has 178 valence electrons.